The highest BCUT2D eigenvalue weighted by molar-refractivity contribution is 7.22. The molecule has 4 aromatic rings. The number of aromatic nitrogens is 4. The Morgan fingerprint density at radius 2 is 1.72 bits per heavy atom. The Kier molecular flexibility index (Phi) is 4.63. The van der Waals surface area contributed by atoms with E-state index < -0.39 is 0 Å². The highest BCUT2D eigenvalue weighted by Crippen LogP contribution is 2.32. The molecule has 0 aliphatic heterocycles. The maximum Gasteiger partial charge on any atom is 0.198 e. The fraction of sp³-hybridized carbons (Fsp3) is 0. The Bertz CT molecular complexity index is 995. The number of allylic oxidation sites excluding steroid dienone is 2. The highest BCUT2D eigenvalue weighted by Gasteiger charge is 2.08. The lowest BCUT2D eigenvalue weighted by molar-refractivity contribution is 0.731. The number of tetrazole rings is 1. The van der Waals surface area contributed by atoms with Gasteiger partial charge in [0.15, 0.2) is 5.82 Å². The predicted molar refractivity (Wildman–Crippen MR) is 105 cm³/mol. The Labute approximate surface area is 153 Å². The first-order valence-electron chi connectivity index (χ1n) is 7.72. The van der Waals surface area contributed by atoms with Gasteiger partial charge in [-0.3, -0.25) is 0 Å². The zero-order valence-corrected chi connectivity index (χ0v) is 14.8. The Morgan fingerprint density at radius 1 is 0.840 bits per heavy atom. The van der Waals surface area contributed by atoms with Crippen molar-refractivity contribution in [2.24, 2.45) is 0 Å². The third-order valence-corrected chi connectivity index (χ3v) is 5.54. The fourth-order valence-corrected chi connectivity index (χ4v) is 3.98. The summed E-state index contributed by atoms with van der Waals surface area (Å²) in [5.74, 6) is 0.587. The molecule has 0 spiro atoms. The second-order valence-corrected chi connectivity index (χ2v) is 7.19. The molecule has 0 unspecified atom stereocenters. The standard InChI is InChI=1S/C19H14N4S2/c1-2-7-15(8-3-1)9-4-5-11-18-20-22-23(21-18)19-13-12-17(25-19)16-10-6-14-24-16/h1-14H/b9-4+,11-5+. The van der Waals surface area contributed by atoms with Crippen molar-refractivity contribution >= 4 is 34.8 Å². The van der Waals surface area contributed by atoms with Gasteiger partial charge in [-0.2, -0.15) is 0 Å². The van der Waals surface area contributed by atoms with Gasteiger partial charge in [-0.25, -0.2) is 0 Å². The maximum absolute atomic E-state index is 4.41. The molecule has 6 heteroatoms. The van der Waals surface area contributed by atoms with E-state index in [1.54, 1.807) is 27.5 Å². The van der Waals surface area contributed by atoms with Crippen molar-refractivity contribution in [2.45, 2.75) is 0 Å². The number of benzene rings is 1. The molecule has 25 heavy (non-hydrogen) atoms. The van der Waals surface area contributed by atoms with E-state index in [4.69, 9.17) is 0 Å². The van der Waals surface area contributed by atoms with Crippen LogP contribution in [0, 0.1) is 0 Å². The maximum atomic E-state index is 4.41. The van der Waals surface area contributed by atoms with Crippen molar-refractivity contribution < 1.29 is 0 Å². The third kappa shape index (κ3) is 3.81. The summed E-state index contributed by atoms with van der Waals surface area (Å²) in [6, 6.07) is 18.4. The molecule has 3 heterocycles. The minimum absolute atomic E-state index is 0.587. The van der Waals surface area contributed by atoms with Gasteiger partial charge in [-0.1, -0.05) is 54.6 Å². The molecule has 0 fully saturated rings. The van der Waals surface area contributed by atoms with Gasteiger partial charge in [0.1, 0.15) is 5.00 Å². The number of rotatable bonds is 5. The zero-order valence-electron chi connectivity index (χ0n) is 13.2. The first-order chi connectivity index (χ1) is 12.4. The molecular weight excluding hydrogens is 348 g/mol. The molecule has 0 bridgehead atoms. The average molecular weight is 362 g/mol. The molecule has 0 aliphatic rings. The lowest BCUT2D eigenvalue weighted by atomic mass is 10.2. The van der Waals surface area contributed by atoms with Crippen LogP contribution in [0.5, 0.6) is 0 Å². The smallest absolute Gasteiger partial charge is 0.143 e. The molecule has 3 aromatic heterocycles. The van der Waals surface area contributed by atoms with Crippen LogP contribution in [0.2, 0.25) is 0 Å². The first kappa shape index (κ1) is 15.7. The summed E-state index contributed by atoms with van der Waals surface area (Å²) < 4.78 is 0. The van der Waals surface area contributed by atoms with Crippen molar-refractivity contribution in [1.82, 2.24) is 20.2 Å². The molecule has 0 N–H and O–H groups in total. The average Bonchev–Trinajstić information content (AvgIpc) is 3.40. The van der Waals surface area contributed by atoms with Crippen molar-refractivity contribution in [3.8, 4) is 14.8 Å². The number of nitrogens with zero attached hydrogens (tertiary/aromatic N) is 4. The predicted octanol–water partition coefficient (Wildman–Crippen LogP) is 5.18. The normalized spacial score (nSPS) is 11.7. The van der Waals surface area contributed by atoms with Gasteiger partial charge in [0.2, 0.25) is 0 Å². The van der Waals surface area contributed by atoms with Gasteiger partial charge >= 0.3 is 0 Å². The van der Waals surface area contributed by atoms with E-state index >= 15 is 0 Å². The monoisotopic (exact) mass is 362 g/mol. The van der Waals surface area contributed by atoms with Crippen LogP contribution in [0.3, 0.4) is 0 Å². The zero-order chi connectivity index (χ0) is 16.9. The van der Waals surface area contributed by atoms with Crippen LogP contribution in [-0.2, 0) is 0 Å². The SMILES string of the molecule is C(/C=C/c1nnn(-c2ccc(-c3cccs3)s2)n1)=C\c1ccccc1. The Hall–Kier alpha value is -2.83. The van der Waals surface area contributed by atoms with Gasteiger partial charge in [0, 0.05) is 9.75 Å². The van der Waals surface area contributed by atoms with E-state index in [1.165, 1.54) is 9.75 Å². The largest absolute Gasteiger partial charge is 0.198 e. The van der Waals surface area contributed by atoms with Crippen LogP contribution < -0.4 is 0 Å². The number of hydrogen-bond donors (Lipinski definition) is 0. The minimum atomic E-state index is 0.587. The number of thiophene rings is 2. The molecule has 0 aliphatic carbocycles. The molecule has 0 amide bonds. The molecular formula is C19H14N4S2. The summed E-state index contributed by atoms with van der Waals surface area (Å²) in [6.07, 6.45) is 7.76. The van der Waals surface area contributed by atoms with Crippen LogP contribution in [0.25, 0.3) is 26.9 Å². The van der Waals surface area contributed by atoms with Crippen LogP contribution in [0.1, 0.15) is 11.4 Å². The van der Waals surface area contributed by atoms with Gasteiger partial charge in [0.05, 0.1) is 0 Å². The third-order valence-electron chi connectivity index (χ3n) is 3.43. The highest BCUT2D eigenvalue weighted by atomic mass is 32.1. The first-order valence-corrected chi connectivity index (χ1v) is 9.42. The van der Waals surface area contributed by atoms with Crippen LogP contribution in [0.15, 0.2) is 72.1 Å². The molecule has 122 valence electrons. The van der Waals surface area contributed by atoms with Crippen molar-refractivity contribution in [3.63, 3.8) is 0 Å². The fourth-order valence-electron chi connectivity index (χ4n) is 2.24. The van der Waals surface area contributed by atoms with E-state index in [-0.39, 0.29) is 0 Å². The molecule has 0 radical (unpaired) electrons. The van der Waals surface area contributed by atoms with Gasteiger partial charge in [-0.05, 0) is 40.4 Å². The molecule has 0 saturated heterocycles. The lowest BCUT2D eigenvalue weighted by Crippen LogP contribution is -1.95. The van der Waals surface area contributed by atoms with E-state index in [0.29, 0.717) is 5.82 Å². The summed E-state index contributed by atoms with van der Waals surface area (Å²) in [5.41, 5.74) is 1.16. The molecule has 4 rings (SSSR count). The summed E-state index contributed by atoms with van der Waals surface area (Å²) in [7, 11) is 0. The topological polar surface area (TPSA) is 43.6 Å². The second kappa shape index (κ2) is 7.38. The summed E-state index contributed by atoms with van der Waals surface area (Å²) >= 11 is 3.38. The second-order valence-electron chi connectivity index (χ2n) is 5.18. The number of hydrogen-bond acceptors (Lipinski definition) is 5. The summed E-state index contributed by atoms with van der Waals surface area (Å²) in [6.45, 7) is 0. The summed E-state index contributed by atoms with van der Waals surface area (Å²) in [5, 5.41) is 15.7. The Balaban J connectivity index is 1.45. The van der Waals surface area contributed by atoms with Gasteiger partial charge in [0.25, 0.3) is 0 Å². The van der Waals surface area contributed by atoms with E-state index in [1.807, 2.05) is 48.6 Å². The molecule has 0 atom stereocenters. The molecule has 0 saturated carbocycles. The van der Waals surface area contributed by atoms with Gasteiger partial charge < -0.3 is 0 Å². The Morgan fingerprint density at radius 3 is 2.56 bits per heavy atom. The van der Waals surface area contributed by atoms with Crippen molar-refractivity contribution in [3.05, 3.63) is 83.5 Å². The molecule has 1 aromatic carbocycles. The van der Waals surface area contributed by atoms with Crippen LogP contribution in [0.4, 0.5) is 0 Å². The summed E-state index contributed by atoms with van der Waals surface area (Å²) in [4.78, 5) is 4.04. The van der Waals surface area contributed by atoms with E-state index in [2.05, 4.69) is 51.1 Å². The van der Waals surface area contributed by atoms with Crippen LogP contribution >= 0.6 is 22.7 Å². The van der Waals surface area contributed by atoms with E-state index in [9.17, 15) is 0 Å². The lowest BCUT2D eigenvalue weighted by Gasteiger charge is -1.91. The van der Waals surface area contributed by atoms with E-state index in [0.717, 1.165) is 10.6 Å². The van der Waals surface area contributed by atoms with Crippen molar-refractivity contribution in [1.29, 1.82) is 0 Å². The minimum Gasteiger partial charge on any atom is -0.143 e. The quantitative estimate of drug-likeness (QED) is 0.460. The van der Waals surface area contributed by atoms with Gasteiger partial charge in [-0.15, -0.1) is 37.7 Å². The van der Waals surface area contributed by atoms with Crippen LogP contribution in [-0.4, -0.2) is 20.2 Å². The molecule has 4 nitrogen and oxygen atoms in total. The van der Waals surface area contributed by atoms with Crippen molar-refractivity contribution in [2.75, 3.05) is 0 Å².